The smallest absolute Gasteiger partial charge is 0.245 e. The number of aryl methyl sites for hydroxylation is 1. The Kier molecular flexibility index (Phi) is 2.76. The maximum absolute atomic E-state index is 11.9. The predicted octanol–water partition coefficient (Wildman–Crippen LogP) is 1.78. The van der Waals surface area contributed by atoms with Crippen LogP contribution in [0.4, 0.5) is 11.5 Å². The fraction of sp³-hybridized carbons (Fsp3) is 0.154. The first-order chi connectivity index (χ1) is 9.08. The molecule has 0 fully saturated rings. The number of benzene rings is 1. The lowest BCUT2D eigenvalue weighted by atomic mass is 10.2. The lowest BCUT2D eigenvalue weighted by Gasteiger charge is -2.30. The second-order valence-corrected chi connectivity index (χ2v) is 6.13. The molecule has 1 aliphatic heterocycles. The number of hydrogen-bond donors (Lipinski definition) is 1. The van der Waals surface area contributed by atoms with Gasteiger partial charge in [-0.05, 0) is 31.2 Å². The molecular weight excluding hydrogens is 262 g/mol. The van der Waals surface area contributed by atoms with Gasteiger partial charge in [-0.3, -0.25) is 0 Å². The Labute approximate surface area is 112 Å². The summed E-state index contributed by atoms with van der Waals surface area (Å²) in [5, 5.41) is 0. The summed E-state index contributed by atoms with van der Waals surface area (Å²) in [4.78, 5) is 6.25. The van der Waals surface area contributed by atoms with Crippen molar-refractivity contribution in [3.63, 3.8) is 0 Å². The molecule has 0 saturated carbocycles. The number of pyridine rings is 1. The van der Waals surface area contributed by atoms with Crippen LogP contribution in [-0.2, 0) is 10.0 Å². The highest BCUT2D eigenvalue weighted by atomic mass is 32.2. The predicted molar refractivity (Wildman–Crippen MR) is 72.7 cm³/mol. The molecule has 2 heterocycles. The normalized spacial score (nSPS) is 17.0. The fourth-order valence-corrected chi connectivity index (χ4v) is 3.15. The number of nitrogens with one attached hydrogen (secondary N) is 1. The van der Waals surface area contributed by atoms with Crippen LogP contribution in [0, 0.1) is 6.92 Å². The van der Waals surface area contributed by atoms with E-state index < -0.39 is 10.0 Å². The summed E-state index contributed by atoms with van der Waals surface area (Å²) in [5.41, 5.74) is 2.07. The molecule has 0 amide bonds. The first kappa shape index (κ1) is 12.1. The maximum Gasteiger partial charge on any atom is 0.245 e. The van der Waals surface area contributed by atoms with Crippen LogP contribution in [-0.4, -0.2) is 20.1 Å². The molecule has 1 N–H and O–H groups in total. The molecular formula is C13H13N3O2S. The zero-order chi connectivity index (χ0) is 13.5. The average Bonchev–Trinajstić information content (AvgIpc) is 2.41. The molecule has 98 valence electrons. The lowest BCUT2D eigenvalue weighted by molar-refractivity contribution is 0.576. The number of fused-ring (bicyclic) bond motifs is 1. The van der Waals surface area contributed by atoms with Crippen LogP contribution in [0.25, 0.3) is 0 Å². The fourth-order valence-electron chi connectivity index (χ4n) is 2.04. The Balaban J connectivity index is 2.13. The van der Waals surface area contributed by atoms with Crippen molar-refractivity contribution < 1.29 is 8.42 Å². The number of sulfonamides is 1. The molecule has 2 aromatic rings. The van der Waals surface area contributed by atoms with Crippen LogP contribution in [0.5, 0.6) is 0 Å². The van der Waals surface area contributed by atoms with Gasteiger partial charge in [0.2, 0.25) is 10.0 Å². The summed E-state index contributed by atoms with van der Waals surface area (Å²) in [5.74, 6) is 0.463. The van der Waals surface area contributed by atoms with E-state index in [1.807, 2.05) is 36.1 Å². The van der Waals surface area contributed by atoms with Gasteiger partial charge in [0.1, 0.15) is 4.90 Å². The number of rotatable bonds is 1. The molecule has 6 heteroatoms. The van der Waals surface area contributed by atoms with E-state index in [-0.39, 0.29) is 11.6 Å². The van der Waals surface area contributed by atoms with E-state index in [0.717, 1.165) is 11.3 Å². The van der Waals surface area contributed by atoms with E-state index in [2.05, 4.69) is 9.71 Å². The second-order valence-electron chi connectivity index (χ2n) is 4.39. The van der Waals surface area contributed by atoms with Crippen molar-refractivity contribution in [3.05, 3.63) is 48.2 Å². The highest BCUT2D eigenvalue weighted by Gasteiger charge is 2.29. The van der Waals surface area contributed by atoms with Gasteiger partial charge in [0.25, 0.3) is 0 Å². The second kappa shape index (κ2) is 4.32. The minimum absolute atomic E-state index is 0.190. The highest BCUT2D eigenvalue weighted by molar-refractivity contribution is 7.89. The molecule has 1 aromatic heterocycles. The van der Waals surface area contributed by atoms with Gasteiger partial charge in [0.15, 0.2) is 5.82 Å². The van der Waals surface area contributed by atoms with Crippen molar-refractivity contribution in [1.82, 2.24) is 9.71 Å². The van der Waals surface area contributed by atoms with Crippen molar-refractivity contribution in [1.29, 1.82) is 0 Å². The molecule has 19 heavy (non-hydrogen) atoms. The lowest BCUT2D eigenvalue weighted by Crippen LogP contribution is -2.41. The minimum atomic E-state index is -3.45. The zero-order valence-electron chi connectivity index (χ0n) is 10.4. The Hall–Kier alpha value is -1.92. The average molecular weight is 275 g/mol. The SMILES string of the molecule is Cc1ccc(N2CNS(=O)(=O)c3cccnc32)cc1. The van der Waals surface area contributed by atoms with E-state index in [1.54, 1.807) is 18.3 Å². The molecule has 0 atom stereocenters. The summed E-state index contributed by atoms with van der Waals surface area (Å²) in [7, 11) is -3.45. The Morgan fingerprint density at radius 1 is 1.21 bits per heavy atom. The zero-order valence-corrected chi connectivity index (χ0v) is 11.2. The molecule has 3 rings (SSSR count). The summed E-state index contributed by atoms with van der Waals surface area (Å²) in [6.07, 6.45) is 1.60. The van der Waals surface area contributed by atoms with E-state index in [4.69, 9.17) is 0 Å². The van der Waals surface area contributed by atoms with Gasteiger partial charge in [0.05, 0.1) is 6.67 Å². The Morgan fingerprint density at radius 2 is 1.95 bits per heavy atom. The highest BCUT2D eigenvalue weighted by Crippen LogP contribution is 2.31. The molecule has 0 aliphatic carbocycles. The van der Waals surface area contributed by atoms with Crippen LogP contribution in [0.2, 0.25) is 0 Å². The molecule has 1 aliphatic rings. The third kappa shape index (κ3) is 2.09. The van der Waals surface area contributed by atoms with E-state index in [9.17, 15) is 8.42 Å². The van der Waals surface area contributed by atoms with Gasteiger partial charge in [-0.2, -0.15) is 4.72 Å². The number of anilines is 2. The molecule has 0 radical (unpaired) electrons. The van der Waals surface area contributed by atoms with Crippen LogP contribution in [0.1, 0.15) is 5.56 Å². The van der Waals surface area contributed by atoms with Crippen molar-refractivity contribution in [2.75, 3.05) is 11.6 Å². The van der Waals surface area contributed by atoms with E-state index in [0.29, 0.717) is 5.82 Å². The number of nitrogens with zero attached hydrogens (tertiary/aromatic N) is 2. The molecule has 5 nitrogen and oxygen atoms in total. The standard InChI is InChI=1S/C13H13N3O2S/c1-10-4-6-11(7-5-10)16-9-15-19(17,18)12-3-2-8-14-13(12)16/h2-8,15H,9H2,1H3. The molecule has 0 unspecified atom stereocenters. The first-order valence-electron chi connectivity index (χ1n) is 5.87. The molecule has 0 bridgehead atoms. The minimum Gasteiger partial charge on any atom is -0.311 e. The summed E-state index contributed by atoms with van der Waals surface area (Å²) in [6, 6.07) is 11.1. The van der Waals surface area contributed by atoms with E-state index >= 15 is 0 Å². The van der Waals surface area contributed by atoms with Gasteiger partial charge >= 0.3 is 0 Å². The topological polar surface area (TPSA) is 62.3 Å². The van der Waals surface area contributed by atoms with Crippen LogP contribution >= 0.6 is 0 Å². The van der Waals surface area contributed by atoms with Gasteiger partial charge in [-0.1, -0.05) is 17.7 Å². The van der Waals surface area contributed by atoms with Crippen LogP contribution in [0.15, 0.2) is 47.5 Å². The van der Waals surface area contributed by atoms with Gasteiger partial charge in [-0.15, -0.1) is 0 Å². The Bertz CT molecular complexity index is 711. The summed E-state index contributed by atoms with van der Waals surface area (Å²) >= 11 is 0. The van der Waals surface area contributed by atoms with Gasteiger partial charge in [0, 0.05) is 11.9 Å². The quantitative estimate of drug-likeness (QED) is 0.861. The number of hydrogen-bond acceptors (Lipinski definition) is 4. The molecule has 1 aromatic carbocycles. The number of aromatic nitrogens is 1. The summed E-state index contributed by atoms with van der Waals surface area (Å²) in [6.45, 7) is 2.20. The third-order valence-electron chi connectivity index (χ3n) is 3.05. The molecule has 0 spiro atoms. The van der Waals surface area contributed by atoms with Crippen molar-refractivity contribution in [2.24, 2.45) is 0 Å². The Morgan fingerprint density at radius 3 is 2.68 bits per heavy atom. The first-order valence-corrected chi connectivity index (χ1v) is 7.35. The van der Waals surface area contributed by atoms with E-state index in [1.165, 1.54) is 0 Å². The third-order valence-corrected chi connectivity index (χ3v) is 4.46. The van der Waals surface area contributed by atoms with Gasteiger partial charge < -0.3 is 4.90 Å². The molecule has 0 saturated heterocycles. The van der Waals surface area contributed by atoms with Crippen molar-refractivity contribution >= 4 is 21.5 Å². The monoisotopic (exact) mass is 275 g/mol. The van der Waals surface area contributed by atoms with Crippen LogP contribution in [0.3, 0.4) is 0 Å². The van der Waals surface area contributed by atoms with Crippen molar-refractivity contribution in [3.8, 4) is 0 Å². The van der Waals surface area contributed by atoms with Crippen molar-refractivity contribution in [2.45, 2.75) is 11.8 Å². The van der Waals surface area contributed by atoms with Crippen LogP contribution < -0.4 is 9.62 Å². The summed E-state index contributed by atoms with van der Waals surface area (Å²) < 4.78 is 26.4. The van der Waals surface area contributed by atoms with Gasteiger partial charge in [-0.25, -0.2) is 13.4 Å². The largest absolute Gasteiger partial charge is 0.311 e. The maximum atomic E-state index is 11.9.